The second-order valence-corrected chi connectivity index (χ2v) is 13.5. The topological polar surface area (TPSA) is 167 Å². The Morgan fingerprint density at radius 3 is 2.54 bits per heavy atom. The summed E-state index contributed by atoms with van der Waals surface area (Å²) in [4.78, 5) is 30.4. The second-order valence-electron chi connectivity index (χ2n) is 11.8. The molecule has 0 radical (unpaired) electrons. The number of morpholine rings is 1. The van der Waals surface area contributed by atoms with E-state index in [9.17, 15) is 18.0 Å². The number of carbonyl (C=O) groups excluding carboxylic acids is 2. The summed E-state index contributed by atoms with van der Waals surface area (Å²) in [5.41, 5.74) is 6.67. The van der Waals surface area contributed by atoms with Crippen molar-refractivity contribution in [3.8, 4) is 0 Å². The van der Waals surface area contributed by atoms with Gasteiger partial charge in [-0.25, -0.2) is 8.42 Å². The first-order chi connectivity index (χ1) is 22.2. The highest BCUT2D eigenvalue weighted by atomic mass is 32.2. The Bertz CT molecular complexity index is 1620. The number of benzene rings is 3. The molecule has 3 aromatic rings. The van der Waals surface area contributed by atoms with Gasteiger partial charge in [-0.05, 0) is 47.2 Å². The Kier molecular flexibility index (Phi) is 11.2. The Morgan fingerprint density at radius 2 is 1.76 bits per heavy atom. The lowest BCUT2D eigenvalue weighted by Crippen LogP contribution is -2.55. The Morgan fingerprint density at radius 1 is 1.00 bits per heavy atom. The molecule has 46 heavy (non-hydrogen) atoms. The van der Waals surface area contributed by atoms with E-state index >= 15 is 0 Å². The maximum absolute atomic E-state index is 13.9. The largest absolute Gasteiger partial charge is 0.374 e. The Balaban J connectivity index is 1.26. The van der Waals surface area contributed by atoms with Crippen LogP contribution >= 0.6 is 0 Å². The minimum Gasteiger partial charge on any atom is -0.374 e. The molecule has 2 amide bonds. The molecule has 12 nitrogen and oxygen atoms in total. The minimum atomic E-state index is -4.17. The van der Waals surface area contributed by atoms with Crippen molar-refractivity contribution in [2.75, 3.05) is 45.9 Å². The molecule has 2 aliphatic heterocycles. The first kappa shape index (κ1) is 33.3. The van der Waals surface area contributed by atoms with Crippen LogP contribution in [0, 0.1) is 11.3 Å². The van der Waals surface area contributed by atoms with E-state index in [-0.39, 0.29) is 49.5 Å². The number of likely N-dealkylation sites (tertiary alicyclic amines) is 1. The number of carbonyl (C=O) groups is 2. The SMILES string of the molecule is N=C(N)N1CCCC(CNC(=O)C[C@H](NS(=O)(=O)c2ccc3ccccc3c2)C(=O)N2CCOC(COCc3ccccc3)C2)C1. The molecule has 0 bridgehead atoms. The number of fused-ring (bicyclic) bond motifs is 1. The van der Waals surface area contributed by atoms with E-state index in [1.54, 1.807) is 17.0 Å². The molecule has 0 spiro atoms. The first-order valence-corrected chi connectivity index (χ1v) is 17.0. The van der Waals surface area contributed by atoms with Crippen LogP contribution in [0.25, 0.3) is 10.8 Å². The summed E-state index contributed by atoms with van der Waals surface area (Å²) < 4.78 is 41.4. The normalized spacial score (nSPS) is 19.5. The van der Waals surface area contributed by atoms with Gasteiger partial charge in [0.15, 0.2) is 5.96 Å². The van der Waals surface area contributed by atoms with Crippen molar-refractivity contribution in [3.63, 3.8) is 0 Å². The van der Waals surface area contributed by atoms with Gasteiger partial charge in [-0.1, -0.05) is 60.7 Å². The zero-order chi connectivity index (χ0) is 32.5. The standard InChI is InChI=1S/C33H42N6O6S/c34-33(35)39-14-6-9-25(20-39)19-36-31(40)18-30(37-46(42,43)29-13-12-26-10-4-5-11-27(26)17-29)32(41)38-15-16-45-28(21-38)23-44-22-24-7-2-1-3-8-24/h1-5,7-8,10-13,17,25,28,30,37H,6,9,14-16,18-23H2,(H3,34,35)(H,36,40)/t25?,28?,30-/m0/s1. The van der Waals surface area contributed by atoms with Crippen LogP contribution in [0.4, 0.5) is 0 Å². The summed E-state index contributed by atoms with van der Waals surface area (Å²) in [6.45, 7) is 2.95. The molecule has 13 heteroatoms. The maximum Gasteiger partial charge on any atom is 0.241 e. The van der Waals surface area contributed by atoms with Gasteiger partial charge in [0.25, 0.3) is 0 Å². The molecule has 2 fully saturated rings. The summed E-state index contributed by atoms with van der Waals surface area (Å²) in [6, 6.07) is 20.5. The van der Waals surface area contributed by atoms with Crippen LogP contribution in [0.3, 0.4) is 0 Å². The number of amides is 2. The number of piperidine rings is 1. The molecule has 5 N–H and O–H groups in total. The fraction of sp³-hybridized carbons (Fsp3) is 0.424. The average Bonchev–Trinajstić information content (AvgIpc) is 3.07. The van der Waals surface area contributed by atoms with Gasteiger partial charge in [0.1, 0.15) is 6.04 Å². The molecule has 0 aromatic heterocycles. The molecule has 2 unspecified atom stereocenters. The number of rotatable bonds is 12. The summed E-state index contributed by atoms with van der Waals surface area (Å²) in [5.74, 6) is -0.869. The molecule has 3 aromatic carbocycles. The van der Waals surface area contributed by atoms with E-state index in [1.807, 2.05) is 54.6 Å². The van der Waals surface area contributed by atoms with E-state index in [2.05, 4.69) is 10.0 Å². The van der Waals surface area contributed by atoms with Crippen LogP contribution in [0.1, 0.15) is 24.8 Å². The third kappa shape index (κ3) is 9.03. The molecule has 2 aliphatic rings. The van der Waals surface area contributed by atoms with Crippen LogP contribution in [0.2, 0.25) is 0 Å². The van der Waals surface area contributed by atoms with Gasteiger partial charge >= 0.3 is 0 Å². The quantitative estimate of drug-likeness (QED) is 0.171. The lowest BCUT2D eigenvalue weighted by atomic mass is 9.98. The molecule has 0 aliphatic carbocycles. The van der Waals surface area contributed by atoms with Gasteiger partial charge in [-0.2, -0.15) is 4.72 Å². The number of ether oxygens (including phenoxy) is 2. The van der Waals surface area contributed by atoms with E-state index in [0.29, 0.717) is 26.2 Å². The van der Waals surface area contributed by atoms with Crippen molar-refractivity contribution in [1.82, 2.24) is 19.8 Å². The number of nitrogens with zero attached hydrogens (tertiary/aromatic N) is 2. The van der Waals surface area contributed by atoms with Crippen LogP contribution in [0.15, 0.2) is 77.7 Å². The van der Waals surface area contributed by atoms with E-state index in [4.69, 9.17) is 20.6 Å². The van der Waals surface area contributed by atoms with Crippen molar-refractivity contribution >= 4 is 38.6 Å². The van der Waals surface area contributed by atoms with Gasteiger partial charge in [0, 0.05) is 32.7 Å². The van der Waals surface area contributed by atoms with Crippen molar-refractivity contribution < 1.29 is 27.5 Å². The first-order valence-electron chi connectivity index (χ1n) is 15.6. The molecule has 246 valence electrons. The minimum absolute atomic E-state index is 0.000865. The van der Waals surface area contributed by atoms with E-state index in [1.165, 1.54) is 11.0 Å². The van der Waals surface area contributed by atoms with Crippen molar-refractivity contribution in [1.29, 1.82) is 5.41 Å². The predicted molar refractivity (Wildman–Crippen MR) is 174 cm³/mol. The van der Waals surface area contributed by atoms with Crippen molar-refractivity contribution in [2.24, 2.45) is 11.7 Å². The zero-order valence-corrected chi connectivity index (χ0v) is 26.6. The molecular weight excluding hydrogens is 608 g/mol. The van der Waals surface area contributed by atoms with Crippen molar-refractivity contribution in [3.05, 3.63) is 78.4 Å². The second kappa shape index (κ2) is 15.5. The summed E-state index contributed by atoms with van der Waals surface area (Å²) >= 11 is 0. The average molecular weight is 651 g/mol. The number of sulfonamides is 1. The number of hydrogen-bond acceptors (Lipinski definition) is 7. The molecule has 2 saturated heterocycles. The van der Waals surface area contributed by atoms with Gasteiger partial charge in [-0.3, -0.25) is 15.0 Å². The third-order valence-corrected chi connectivity index (χ3v) is 9.80. The fourth-order valence-corrected chi connectivity index (χ4v) is 7.08. The van der Waals surface area contributed by atoms with E-state index in [0.717, 1.165) is 29.2 Å². The zero-order valence-electron chi connectivity index (χ0n) is 25.8. The van der Waals surface area contributed by atoms with Gasteiger partial charge in [0.2, 0.25) is 21.8 Å². The van der Waals surface area contributed by atoms with Gasteiger partial charge in [0.05, 0.1) is 37.2 Å². The monoisotopic (exact) mass is 650 g/mol. The van der Waals surface area contributed by atoms with Gasteiger partial charge < -0.3 is 30.3 Å². The van der Waals surface area contributed by atoms with Gasteiger partial charge in [-0.15, -0.1) is 0 Å². The lowest BCUT2D eigenvalue weighted by Gasteiger charge is -2.35. The summed E-state index contributed by atoms with van der Waals surface area (Å²) in [6.07, 6.45) is 0.938. The van der Waals surface area contributed by atoms with Crippen molar-refractivity contribution in [2.45, 2.75) is 42.9 Å². The number of nitrogens with one attached hydrogen (secondary N) is 3. The number of nitrogens with two attached hydrogens (primary N) is 1. The molecule has 0 saturated carbocycles. The summed E-state index contributed by atoms with van der Waals surface area (Å²) in [7, 11) is -4.17. The molecular formula is C33H42N6O6S. The summed E-state index contributed by atoms with van der Waals surface area (Å²) in [5, 5.41) is 12.2. The van der Waals surface area contributed by atoms with E-state index < -0.39 is 34.0 Å². The smallest absolute Gasteiger partial charge is 0.241 e. The Hall–Kier alpha value is -4.04. The van der Waals surface area contributed by atoms with Crippen LogP contribution in [0.5, 0.6) is 0 Å². The Labute approximate surface area is 269 Å². The third-order valence-electron chi connectivity index (χ3n) is 8.33. The van der Waals surface area contributed by atoms with Crippen LogP contribution < -0.4 is 15.8 Å². The molecule has 2 heterocycles. The highest BCUT2D eigenvalue weighted by Crippen LogP contribution is 2.20. The highest BCUT2D eigenvalue weighted by Gasteiger charge is 2.34. The number of hydrogen-bond donors (Lipinski definition) is 4. The lowest BCUT2D eigenvalue weighted by molar-refractivity contribution is -0.144. The predicted octanol–water partition coefficient (Wildman–Crippen LogP) is 2.04. The highest BCUT2D eigenvalue weighted by molar-refractivity contribution is 7.89. The molecule has 3 atom stereocenters. The number of guanidine groups is 1. The molecule has 5 rings (SSSR count). The van der Waals surface area contributed by atoms with Crippen LogP contribution in [-0.4, -0.2) is 94.1 Å². The fourth-order valence-electron chi connectivity index (χ4n) is 5.86. The maximum atomic E-state index is 13.9. The van der Waals surface area contributed by atoms with Crippen LogP contribution in [-0.2, 0) is 35.7 Å².